The fraction of sp³-hybridized carbons (Fsp3) is 0.312. The van der Waals surface area contributed by atoms with Crippen LogP contribution in [0.5, 0.6) is 0 Å². The second-order valence-corrected chi connectivity index (χ2v) is 4.77. The Morgan fingerprint density at radius 3 is 2.70 bits per heavy atom. The number of benzene rings is 1. The van der Waals surface area contributed by atoms with Gasteiger partial charge in [0.25, 0.3) is 0 Å². The van der Waals surface area contributed by atoms with Gasteiger partial charge in [-0.15, -0.1) is 10.2 Å². The molecule has 1 heterocycles. The molecule has 1 aromatic heterocycles. The first-order valence-corrected chi connectivity index (χ1v) is 6.75. The molecule has 4 heteroatoms. The number of nitrogens with zero attached hydrogens (tertiary/aromatic N) is 3. The van der Waals surface area contributed by atoms with Crippen LogP contribution in [0.15, 0.2) is 24.3 Å². The average molecular weight is 266 g/mol. The van der Waals surface area contributed by atoms with Crippen molar-refractivity contribution >= 4 is 5.82 Å². The molecule has 4 nitrogen and oxygen atoms in total. The summed E-state index contributed by atoms with van der Waals surface area (Å²) >= 11 is 0. The van der Waals surface area contributed by atoms with Gasteiger partial charge in [-0.3, -0.25) is 0 Å². The summed E-state index contributed by atoms with van der Waals surface area (Å²) in [5, 5.41) is 20.8. The van der Waals surface area contributed by atoms with Gasteiger partial charge >= 0.3 is 0 Å². The minimum absolute atomic E-state index is 0.634. The zero-order valence-electron chi connectivity index (χ0n) is 12.1. The average Bonchev–Trinajstić information content (AvgIpc) is 2.49. The van der Waals surface area contributed by atoms with Gasteiger partial charge in [-0.05, 0) is 43.5 Å². The second-order valence-electron chi connectivity index (χ2n) is 4.77. The van der Waals surface area contributed by atoms with Crippen molar-refractivity contribution in [3.05, 3.63) is 41.0 Å². The molecule has 0 amide bonds. The molecule has 0 saturated heterocycles. The molecular weight excluding hydrogens is 248 g/mol. The normalized spacial score (nSPS) is 10.1. The topological polar surface area (TPSA) is 61.6 Å². The van der Waals surface area contributed by atoms with Crippen molar-refractivity contribution in [1.29, 1.82) is 5.26 Å². The lowest BCUT2D eigenvalue weighted by atomic mass is 10.0. The highest BCUT2D eigenvalue weighted by Crippen LogP contribution is 2.26. The molecule has 0 fully saturated rings. The first kappa shape index (κ1) is 14.0. The number of hydrogen-bond acceptors (Lipinski definition) is 4. The molecule has 102 valence electrons. The Bertz CT molecular complexity index is 656. The smallest absolute Gasteiger partial charge is 0.151 e. The van der Waals surface area contributed by atoms with E-state index in [-0.39, 0.29) is 0 Å². The van der Waals surface area contributed by atoms with Crippen molar-refractivity contribution in [1.82, 2.24) is 10.2 Å². The number of rotatable bonds is 4. The minimum Gasteiger partial charge on any atom is -0.368 e. The number of aromatic nitrogens is 2. The van der Waals surface area contributed by atoms with E-state index in [9.17, 15) is 0 Å². The van der Waals surface area contributed by atoms with E-state index in [1.54, 1.807) is 6.07 Å². The van der Waals surface area contributed by atoms with Crippen molar-refractivity contribution in [2.75, 3.05) is 11.9 Å². The van der Waals surface area contributed by atoms with Crippen LogP contribution in [0.2, 0.25) is 0 Å². The highest BCUT2D eigenvalue weighted by atomic mass is 15.2. The van der Waals surface area contributed by atoms with Gasteiger partial charge in [0, 0.05) is 12.1 Å². The highest BCUT2D eigenvalue weighted by molar-refractivity contribution is 5.67. The third-order valence-electron chi connectivity index (χ3n) is 3.33. The quantitative estimate of drug-likeness (QED) is 0.920. The van der Waals surface area contributed by atoms with Crippen molar-refractivity contribution in [2.45, 2.75) is 27.2 Å². The molecule has 2 aromatic rings. The van der Waals surface area contributed by atoms with Gasteiger partial charge in [0.15, 0.2) is 5.82 Å². The Labute approximate surface area is 119 Å². The van der Waals surface area contributed by atoms with Gasteiger partial charge in [-0.1, -0.05) is 19.1 Å². The summed E-state index contributed by atoms with van der Waals surface area (Å²) in [5.41, 5.74) is 4.59. The summed E-state index contributed by atoms with van der Waals surface area (Å²) < 4.78 is 0. The SMILES string of the molecule is CCCNc1nnc(-c2cccc(C#N)c2)c(C)c1C. The Balaban J connectivity index is 2.43. The van der Waals surface area contributed by atoms with Crippen molar-refractivity contribution in [3.8, 4) is 17.3 Å². The zero-order valence-corrected chi connectivity index (χ0v) is 12.1. The van der Waals surface area contributed by atoms with E-state index in [1.165, 1.54) is 0 Å². The van der Waals surface area contributed by atoms with Crippen molar-refractivity contribution < 1.29 is 0 Å². The number of nitriles is 1. The number of hydrogen-bond donors (Lipinski definition) is 1. The number of anilines is 1. The van der Waals surface area contributed by atoms with E-state index in [1.807, 2.05) is 32.0 Å². The molecule has 0 aliphatic rings. The van der Waals surface area contributed by atoms with Gasteiger partial charge in [-0.2, -0.15) is 5.26 Å². The number of nitrogens with one attached hydrogen (secondary N) is 1. The van der Waals surface area contributed by atoms with Gasteiger partial charge in [0.05, 0.1) is 17.3 Å². The largest absolute Gasteiger partial charge is 0.368 e. The lowest BCUT2D eigenvalue weighted by molar-refractivity contribution is 0.933. The maximum Gasteiger partial charge on any atom is 0.151 e. The van der Waals surface area contributed by atoms with Crippen LogP contribution < -0.4 is 5.32 Å². The molecule has 1 aromatic carbocycles. The molecule has 0 aliphatic carbocycles. The summed E-state index contributed by atoms with van der Waals surface area (Å²) in [6.07, 6.45) is 1.05. The molecule has 20 heavy (non-hydrogen) atoms. The highest BCUT2D eigenvalue weighted by Gasteiger charge is 2.11. The summed E-state index contributed by atoms with van der Waals surface area (Å²) in [4.78, 5) is 0. The Hall–Kier alpha value is -2.41. The fourth-order valence-electron chi connectivity index (χ4n) is 2.03. The molecule has 0 bridgehead atoms. The molecule has 0 saturated carbocycles. The Kier molecular flexibility index (Phi) is 4.31. The summed E-state index contributed by atoms with van der Waals surface area (Å²) in [7, 11) is 0. The molecular formula is C16H18N4. The predicted molar refractivity (Wildman–Crippen MR) is 80.4 cm³/mol. The lowest BCUT2D eigenvalue weighted by Crippen LogP contribution is -2.07. The molecule has 0 unspecified atom stereocenters. The Morgan fingerprint density at radius 1 is 1.20 bits per heavy atom. The van der Waals surface area contributed by atoms with Crippen LogP contribution in [-0.4, -0.2) is 16.7 Å². The maximum absolute atomic E-state index is 8.98. The third-order valence-corrected chi connectivity index (χ3v) is 3.33. The van der Waals surface area contributed by atoms with Crippen LogP contribution in [0.4, 0.5) is 5.82 Å². The Morgan fingerprint density at radius 2 is 2.00 bits per heavy atom. The van der Waals surface area contributed by atoms with Crippen LogP contribution in [0.1, 0.15) is 30.0 Å². The van der Waals surface area contributed by atoms with Gasteiger partial charge in [0.1, 0.15) is 0 Å². The summed E-state index contributed by atoms with van der Waals surface area (Å²) in [6.45, 7) is 7.08. The van der Waals surface area contributed by atoms with E-state index in [2.05, 4.69) is 28.5 Å². The van der Waals surface area contributed by atoms with Crippen LogP contribution in [-0.2, 0) is 0 Å². The molecule has 0 spiro atoms. The second kappa shape index (κ2) is 6.16. The van der Waals surface area contributed by atoms with Crippen LogP contribution >= 0.6 is 0 Å². The fourth-order valence-corrected chi connectivity index (χ4v) is 2.03. The monoisotopic (exact) mass is 266 g/mol. The lowest BCUT2D eigenvalue weighted by Gasteiger charge is -2.12. The van der Waals surface area contributed by atoms with E-state index in [0.717, 1.165) is 41.2 Å². The van der Waals surface area contributed by atoms with Gasteiger partial charge < -0.3 is 5.32 Å². The molecule has 0 atom stereocenters. The third kappa shape index (κ3) is 2.77. The van der Waals surface area contributed by atoms with Crippen molar-refractivity contribution in [2.24, 2.45) is 0 Å². The first-order valence-electron chi connectivity index (χ1n) is 6.75. The first-order chi connectivity index (χ1) is 9.67. The van der Waals surface area contributed by atoms with E-state index < -0.39 is 0 Å². The van der Waals surface area contributed by atoms with Crippen LogP contribution in [0.3, 0.4) is 0 Å². The summed E-state index contributed by atoms with van der Waals surface area (Å²) in [6, 6.07) is 9.60. The zero-order chi connectivity index (χ0) is 14.5. The van der Waals surface area contributed by atoms with E-state index in [4.69, 9.17) is 5.26 Å². The molecule has 2 rings (SSSR count). The standard InChI is InChI=1S/C16H18N4/c1-4-8-18-16-12(3)11(2)15(19-20-16)14-7-5-6-13(9-14)10-17/h5-7,9H,4,8H2,1-3H3,(H,18,20). The van der Waals surface area contributed by atoms with Crippen LogP contribution in [0, 0.1) is 25.2 Å². The summed E-state index contributed by atoms with van der Waals surface area (Å²) in [5.74, 6) is 0.838. The van der Waals surface area contributed by atoms with Crippen molar-refractivity contribution in [3.63, 3.8) is 0 Å². The van der Waals surface area contributed by atoms with Crippen LogP contribution in [0.25, 0.3) is 11.3 Å². The molecule has 1 N–H and O–H groups in total. The van der Waals surface area contributed by atoms with Gasteiger partial charge in [-0.25, -0.2) is 0 Å². The minimum atomic E-state index is 0.634. The van der Waals surface area contributed by atoms with Gasteiger partial charge in [0.2, 0.25) is 0 Å². The van der Waals surface area contributed by atoms with E-state index in [0.29, 0.717) is 5.56 Å². The van der Waals surface area contributed by atoms with E-state index >= 15 is 0 Å². The molecule has 0 radical (unpaired) electrons. The molecule has 0 aliphatic heterocycles. The predicted octanol–water partition coefficient (Wildman–Crippen LogP) is 3.45. The maximum atomic E-state index is 8.98.